The zero-order chi connectivity index (χ0) is 27.3. The number of hydrogen-bond acceptors (Lipinski definition) is 2. The zero-order valence-corrected chi connectivity index (χ0v) is 22.7. The number of fused-ring (bicyclic) bond motifs is 2. The Labute approximate surface area is 235 Å². The van der Waals surface area contributed by atoms with Crippen LogP contribution in [0.3, 0.4) is 0 Å². The van der Waals surface area contributed by atoms with E-state index >= 15 is 0 Å². The lowest BCUT2D eigenvalue weighted by Crippen LogP contribution is -1.88. The fourth-order valence-corrected chi connectivity index (χ4v) is 5.18. The standard InChI is InChI=1S/C38H30O2/c1-39-37-25-21-31-7-3-5-9-33(31)35(37)23-15-27-11-17-29(18-12-27)30-19-13-28(14-20-30)16-24-36-34-10-6-4-8-32(34)22-26-38(36)40-2/h3-26H,1-2H3/b23-15+,24-16+. The first-order valence-electron chi connectivity index (χ1n) is 13.4. The maximum absolute atomic E-state index is 5.64. The van der Waals surface area contributed by atoms with Crippen LogP contribution >= 0.6 is 0 Å². The van der Waals surface area contributed by atoms with Crippen molar-refractivity contribution in [2.75, 3.05) is 14.2 Å². The monoisotopic (exact) mass is 518 g/mol. The minimum atomic E-state index is 0.875. The Kier molecular flexibility index (Phi) is 7.15. The first-order chi connectivity index (χ1) is 19.7. The highest BCUT2D eigenvalue weighted by Gasteiger charge is 2.07. The lowest BCUT2D eigenvalue weighted by Gasteiger charge is -2.09. The van der Waals surface area contributed by atoms with Crippen LogP contribution in [0.1, 0.15) is 22.3 Å². The Morgan fingerprint density at radius 3 is 1.20 bits per heavy atom. The van der Waals surface area contributed by atoms with E-state index in [1.165, 1.54) is 32.7 Å². The van der Waals surface area contributed by atoms with Gasteiger partial charge in [0.2, 0.25) is 0 Å². The summed E-state index contributed by atoms with van der Waals surface area (Å²) in [6.07, 6.45) is 8.57. The molecule has 0 bridgehead atoms. The first kappa shape index (κ1) is 25.2. The SMILES string of the molecule is COc1ccc2ccccc2c1/C=C/c1ccc(-c2ccc(/C=C/c3c(OC)ccc4ccccc34)cc2)cc1. The lowest BCUT2D eigenvalue weighted by atomic mass is 10.00. The molecule has 194 valence electrons. The van der Waals surface area contributed by atoms with Gasteiger partial charge >= 0.3 is 0 Å². The molecule has 0 unspecified atom stereocenters. The molecule has 0 spiro atoms. The van der Waals surface area contributed by atoms with Crippen LogP contribution in [0.25, 0.3) is 57.0 Å². The first-order valence-corrected chi connectivity index (χ1v) is 13.4. The van der Waals surface area contributed by atoms with Crippen LogP contribution in [-0.4, -0.2) is 14.2 Å². The predicted octanol–water partition coefficient (Wildman–Crippen LogP) is 10.0. The summed E-state index contributed by atoms with van der Waals surface area (Å²) in [5, 5.41) is 4.77. The van der Waals surface area contributed by atoms with Crippen molar-refractivity contribution in [3.8, 4) is 22.6 Å². The van der Waals surface area contributed by atoms with Crippen molar-refractivity contribution in [3.05, 3.63) is 144 Å². The third kappa shape index (κ3) is 5.12. The van der Waals surface area contributed by atoms with E-state index < -0.39 is 0 Å². The summed E-state index contributed by atoms with van der Waals surface area (Å²) in [6.45, 7) is 0. The number of ether oxygens (including phenoxy) is 2. The summed E-state index contributed by atoms with van der Waals surface area (Å²) in [6, 6.07) is 42.4. The van der Waals surface area contributed by atoms with Gasteiger partial charge in [-0.1, -0.05) is 133 Å². The summed E-state index contributed by atoms with van der Waals surface area (Å²) in [5.41, 5.74) is 6.84. The molecule has 0 aromatic heterocycles. The average molecular weight is 519 g/mol. The van der Waals surface area contributed by atoms with Crippen molar-refractivity contribution in [1.82, 2.24) is 0 Å². The van der Waals surface area contributed by atoms with Crippen LogP contribution in [0.2, 0.25) is 0 Å². The lowest BCUT2D eigenvalue weighted by molar-refractivity contribution is 0.414. The predicted molar refractivity (Wildman–Crippen MR) is 171 cm³/mol. The summed E-state index contributed by atoms with van der Waals surface area (Å²) in [7, 11) is 3.44. The van der Waals surface area contributed by atoms with Crippen LogP contribution in [-0.2, 0) is 0 Å². The molecule has 0 aliphatic carbocycles. The Morgan fingerprint density at radius 1 is 0.400 bits per heavy atom. The minimum absolute atomic E-state index is 0.875. The van der Waals surface area contributed by atoms with E-state index in [0.717, 1.165) is 33.8 Å². The zero-order valence-electron chi connectivity index (χ0n) is 22.7. The van der Waals surface area contributed by atoms with Crippen LogP contribution in [0, 0.1) is 0 Å². The topological polar surface area (TPSA) is 18.5 Å². The van der Waals surface area contributed by atoms with Gasteiger partial charge in [0.25, 0.3) is 0 Å². The van der Waals surface area contributed by atoms with E-state index in [4.69, 9.17) is 9.47 Å². The van der Waals surface area contributed by atoms with Crippen molar-refractivity contribution in [1.29, 1.82) is 0 Å². The molecule has 0 atom stereocenters. The van der Waals surface area contributed by atoms with Crippen molar-refractivity contribution >= 4 is 45.8 Å². The normalized spacial score (nSPS) is 11.6. The van der Waals surface area contributed by atoms with E-state index in [1.54, 1.807) is 14.2 Å². The summed E-state index contributed by atoms with van der Waals surface area (Å²) in [4.78, 5) is 0. The molecular weight excluding hydrogens is 488 g/mol. The van der Waals surface area contributed by atoms with Gasteiger partial charge in [0.05, 0.1) is 14.2 Å². The van der Waals surface area contributed by atoms with Gasteiger partial charge in [-0.2, -0.15) is 0 Å². The molecule has 2 nitrogen and oxygen atoms in total. The largest absolute Gasteiger partial charge is 0.496 e. The highest BCUT2D eigenvalue weighted by atomic mass is 16.5. The second-order valence-electron chi connectivity index (χ2n) is 9.72. The Balaban J connectivity index is 1.21. The maximum atomic E-state index is 5.64. The summed E-state index contributed by atoms with van der Waals surface area (Å²) in [5.74, 6) is 1.75. The van der Waals surface area contributed by atoms with Gasteiger partial charge in [0, 0.05) is 11.1 Å². The van der Waals surface area contributed by atoms with Gasteiger partial charge < -0.3 is 9.47 Å². The molecule has 0 fully saturated rings. The molecule has 0 radical (unpaired) electrons. The van der Waals surface area contributed by atoms with Gasteiger partial charge in [0.15, 0.2) is 0 Å². The molecule has 40 heavy (non-hydrogen) atoms. The molecule has 6 aromatic rings. The fraction of sp³-hybridized carbons (Fsp3) is 0.0526. The number of methoxy groups -OCH3 is 2. The van der Waals surface area contributed by atoms with Crippen molar-refractivity contribution in [3.63, 3.8) is 0 Å². The highest BCUT2D eigenvalue weighted by molar-refractivity contribution is 5.96. The molecule has 2 heteroatoms. The second kappa shape index (κ2) is 11.3. The third-order valence-corrected chi connectivity index (χ3v) is 7.34. The number of hydrogen-bond donors (Lipinski definition) is 0. The summed E-state index contributed by atoms with van der Waals surface area (Å²) < 4.78 is 11.3. The van der Waals surface area contributed by atoms with E-state index in [0.29, 0.717) is 0 Å². The van der Waals surface area contributed by atoms with Crippen LogP contribution in [0.15, 0.2) is 121 Å². The molecule has 0 saturated heterocycles. The van der Waals surface area contributed by atoms with E-state index in [2.05, 4.69) is 133 Å². The number of rotatable bonds is 7. The van der Waals surface area contributed by atoms with Gasteiger partial charge in [-0.3, -0.25) is 0 Å². The molecule has 6 aromatic carbocycles. The van der Waals surface area contributed by atoms with Crippen molar-refractivity contribution < 1.29 is 9.47 Å². The van der Waals surface area contributed by atoms with Gasteiger partial charge in [-0.25, -0.2) is 0 Å². The van der Waals surface area contributed by atoms with Crippen molar-refractivity contribution in [2.45, 2.75) is 0 Å². The van der Waals surface area contributed by atoms with Gasteiger partial charge in [0.1, 0.15) is 11.5 Å². The fourth-order valence-electron chi connectivity index (χ4n) is 5.18. The Bertz CT molecular complexity index is 1700. The average Bonchev–Trinajstić information content (AvgIpc) is 3.02. The Hall–Kier alpha value is -5.08. The molecular formula is C38H30O2. The smallest absolute Gasteiger partial charge is 0.126 e. The summed E-state index contributed by atoms with van der Waals surface area (Å²) >= 11 is 0. The molecule has 0 heterocycles. The van der Waals surface area contributed by atoms with Crippen molar-refractivity contribution in [2.24, 2.45) is 0 Å². The quantitative estimate of drug-likeness (QED) is 0.196. The van der Waals surface area contributed by atoms with E-state index in [1.807, 2.05) is 12.1 Å². The molecule has 0 aliphatic heterocycles. The van der Waals surface area contributed by atoms with Gasteiger partial charge in [-0.05, 0) is 55.9 Å². The molecule has 0 aliphatic rings. The van der Waals surface area contributed by atoms with Crippen LogP contribution in [0.4, 0.5) is 0 Å². The molecule has 0 amide bonds. The van der Waals surface area contributed by atoms with Crippen LogP contribution in [0.5, 0.6) is 11.5 Å². The molecule has 0 N–H and O–H groups in total. The highest BCUT2D eigenvalue weighted by Crippen LogP contribution is 2.31. The Morgan fingerprint density at radius 2 is 0.800 bits per heavy atom. The molecule has 6 rings (SSSR count). The molecule has 0 saturated carbocycles. The second-order valence-corrected chi connectivity index (χ2v) is 9.72. The van der Waals surface area contributed by atoms with E-state index in [-0.39, 0.29) is 0 Å². The minimum Gasteiger partial charge on any atom is -0.496 e. The van der Waals surface area contributed by atoms with E-state index in [9.17, 15) is 0 Å². The van der Waals surface area contributed by atoms with Crippen LogP contribution < -0.4 is 9.47 Å². The maximum Gasteiger partial charge on any atom is 0.126 e. The number of benzene rings is 6. The van der Waals surface area contributed by atoms with Gasteiger partial charge in [-0.15, -0.1) is 0 Å². The third-order valence-electron chi connectivity index (χ3n) is 7.34.